The van der Waals surface area contributed by atoms with Gasteiger partial charge in [0.1, 0.15) is 24.0 Å². The highest BCUT2D eigenvalue weighted by Crippen LogP contribution is 2.26. The minimum atomic E-state index is -0.232. The Morgan fingerprint density at radius 3 is 3.03 bits per heavy atom. The summed E-state index contributed by atoms with van der Waals surface area (Å²) >= 11 is 0. The molecule has 30 heavy (non-hydrogen) atoms. The van der Waals surface area contributed by atoms with Gasteiger partial charge in [-0.3, -0.25) is 0 Å². The van der Waals surface area contributed by atoms with Crippen molar-refractivity contribution in [3.05, 3.63) is 70.2 Å². The van der Waals surface area contributed by atoms with Gasteiger partial charge in [0.05, 0.1) is 25.1 Å². The molecule has 0 unspecified atom stereocenters. The molecule has 1 aliphatic rings. The smallest absolute Gasteiger partial charge is 0.338 e. The lowest BCUT2D eigenvalue weighted by Crippen LogP contribution is -2.17. The van der Waals surface area contributed by atoms with Crippen molar-refractivity contribution < 1.29 is 14.3 Å². The fraction of sp³-hybridized carbons (Fsp3) is 0.273. The fourth-order valence-corrected chi connectivity index (χ4v) is 3.51. The fourth-order valence-electron chi connectivity index (χ4n) is 3.51. The number of methoxy groups -OCH3 is 1. The molecule has 1 N–H and O–H groups in total. The van der Waals surface area contributed by atoms with E-state index in [4.69, 9.17) is 14.7 Å². The van der Waals surface area contributed by atoms with Crippen LogP contribution in [0.4, 0.5) is 0 Å². The van der Waals surface area contributed by atoms with Crippen molar-refractivity contribution in [1.82, 2.24) is 20.1 Å². The third kappa shape index (κ3) is 3.75. The van der Waals surface area contributed by atoms with Crippen LogP contribution in [0.5, 0.6) is 5.75 Å². The highest BCUT2D eigenvalue weighted by molar-refractivity contribution is 5.93. The summed E-state index contributed by atoms with van der Waals surface area (Å²) < 4.78 is 12.0. The van der Waals surface area contributed by atoms with Gasteiger partial charge in [-0.1, -0.05) is 6.07 Å². The maximum absolute atomic E-state index is 11.7. The first kappa shape index (κ1) is 19.6. The summed E-state index contributed by atoms with van der Waals surface area (Å²) in [6.07, 6.45) is 6.01. The Morgan fingerprint density at radius 1 is 1.37 bits per heavy atom. The number of cyclic esters (lactones) is 1. The largest absolute Gasteiger partial charge is 0.495 e. The highest BCUT2D eigenvalue weighted by Gasteiger charge is 2.23. The number of nitrogens with one attached hydrogen (secondary N) is 1. The third-order valence-corrected chi connectivity index (χ3v) is 5.24. The number of pyridine rings is 1. The number of rotatable bonds is 7. The monoisotopic (exact) mass is 403 g/mol. The van der Waals surface area contributed by atoms with Gasteiger partial charge in [0, 0.05) is 29.9 Å². The van der Waals surface area contributed by atoms with Crippen molar-refractivity contribution in [2.24, 2.45) is 0 Å². The van der Waals surface area contributed by atoms with Crippen LogP contribution in [0, 0.1) is 18.3 Å². The average molecular weight is 403 g/mol. The number of carbonyl (C=O) groups excluding carboxylic acids is 1. The van der Waals surface area contributed by atoms with Crippen molar-refractivity contribution in [2.45, 2.75) is 26.5 Å². The summed E-state index contributed by atoms with van der Waals surface area (Å²) in [6.45, 7) is 3.87. The van der Waals surface area contributed by atoms with Gasteiger partial charge in [-0.2, -0.15) is 10.4 Å². The number of carbonyl (C=O) groups is 1. The van der Waals surface area contributed by atoms with E-state index in [2.05, 4.69) is 15.4 Å². The second kappa shape index (κ2) is 8.35. The summed E-state index contributed by atoms with van der Waals surface area (Å²) in [5, 5.41) is 16.8. The molecule has 1 aromatic carbocycles. The number of benzene rings is 1. The van der Waals surface area contributed by atoms with E-state index in [1.165, 1.54) is 18.9 Å². The van der Waals surface area contributed by atoms with E-state index >= 15 is 0 Å². The Kier molecular flexibility index (Phi) is 5.46. The van der Waals surface area contributed by atoms with Gasteiger partial charge in [-0.05, 0) is 37.1 Å². The zero-order valence-electron chi connectivity index (χ0n) is 16.8. The zero-order valence-corrected chi connectivity index (χ0v) is 16.8. The van der Waals surface area contributed by atoms with Gasteiger partial charge in [-0.25, -0.2) is 14.5 Å². The van der Waals surface area contributed by atoms with Crippen LogP contribution >= 0.6 is 0 Å². The molecule has 2 aromatic heterocycles. The molecule has 0 spiro atoms. The van der Waals surface area contributed by atoms with E-state index in [0.29, 0.717) is 35.8 Å². The van der Waals surface area contributed by atoms with Gasteiger partial charge in [0.15, 0.2) is 5.82 Å². The predicted octanol–water partition coefficient (Wildman–Crippen LogP) is 2.46. The molecule has 3 heterocycles. The van der Waals surface area contributed by atoms with Crippen molar-refractivity contribution in [3.8, 4) is 17.6 Å². The molecule has 1 aliphatic heterocycles. The lowest BCUT2D eigenvalue weighted by molar-refractivity contribution is 0.0535. The highest BCUT2D eigenvalue weighted by atomic mass is 16.5. The summed E-state index contributed by atoms with van der Waals surface area (Å²) in [7, 11) is 1.52. The number of fused-ring (bicyclic) bond motifs is 1. The van der Waals surface area contributed by atoms with E-state index in [0.717, 1.165) is 29.7 Å². The van der Waals surface area contributed by atoms with Crippen molar-refractivity contribution in [1.29, 1.82) is 5.26 Å². The molecular weight excluding hydrogens is 382 g/mol. The molecule has 0 aliphatic carbocycles. The Balaban J connectivity index is 1.35. The predicted molar refractivity (Wildman–Crippen MR) is 108 cm³/mol. The zero-order chi connectivity index (χ0) is 21.1. The topological polar surface area (TPSA) is 102 Å². The second-order valence-corrected chi connectivity index (χ2v) is 7.03. The molecule has 0 amide bonds. The van der Waals surface area contributed by atoms with E-state index in [-0.39, 0.29) is 5.97 Å². The first-order valence-electron chi connectivity index (χ1n) is 9.58. The summed E-state index contributed by atoms with van der Waals surface area (Å²) in [4.78, 5) is 15.9. The van der Waals surface area contributed by atoms with E-state index in [9.17, 15) is 4.79 Å². The number of hydrogen-bond donors (Lipinski definition) is 1. The van der Waals surface area contributed by atoms with Crippen LogP contribution in [0.15, 0.2) is 36.8 Å². The van der Waals surface area contributed by atoms with Crippen LogP contribution in [0.1, 0.15) is 38.2 Å². The van der Waals surface area contributed by atoms with E-state index < -0.39 is 0 Å². The Morgan fingerprint density at radius 2 is 2.23 bits per heavy atom. The van der Waals surface area contributed by atoms with Crippen molar-refractivity contribution in [3.63, 3.8) is 0 Å². The lowest BCUT2D eigenvalue weighted by Gasteiger charge is -2.09. The van der Waals surface area contributed by atoms with Gasteiger partial charge in [0.25, 0.3) is 0 Å². The number of hydrogen-bond acceptors (Lipinski definition) is 7. The molecule has 0 bridgehead atoms. The molecule has 0 atom stereocenters. The molecule has 8 heteroatoms. The molecule has 152 valence electrons. The SMILES string of the molecule is COc1cc(-n2cc(CNCCc3ccc4c(c3C)COC4=O)cn2)ncc1C#N. The lowest BCUT2D eigenvalue weighted by atomic mass is 9.97. The summed E-state index contributed by atoms with van der Waals surface area (Å²) in [5.74, 6) is 0.821. The van der Waals surface area contributed by atoms with Crippen LogP contribution in [-0.4, -0.2) is 34.4 Å². The number of nitrogens with zero attached hydrogens (tertiary/aromatic N) is 4. The second-order valence-electron chi connectivity index (χ2n) is 7.03. The minimum absolute atomic E-state index is 0.232. The van der Waals surface area contributed by atoms with Gasteiger partial charge in [0.2, 0.25) is 0 Å². The summed E-state index contributed by atoms with van der Waals surface area (Å²) in [6, 6.07) is 7.60. The Labute approximate surface area is 174 Å². The number of aromatic nitrogens is 3. The van der Waals surface area contributed by atoms with E-state index in [1.807, 2.05) is 31.3 Å². The van der Waals surface area contributed by atoms with Gasteiger partial charge >= 0.3 is 5.97 Å². The number of esters is 1. The average Bonchev–Trinajstić information content (AvgIpc) is 3.39. The van der Waals surface area contributed by atoms with Crippen LogP contribution < -0.4 is 10.1 Å². The molecule has 0 radical (unpaired) electrons. The van der Waals surface area contributed by atoms with Crippen molar-refractivity contribution in [2.75, 3.05) is 13.7 Å². The molecule has 8 nitrogen and oxygen atoms in total. The van der Waals surface area contributed by atoms with Crippen LogP contribution in [0.2, 0.25) is 0 Å². The Bertz CT molecular complexity index is 1150. The first-order valence-corrected chi connectivity index (χ1v) is 9.58. The van der Waals surface area contributed by atoms with Crippen LogP contribution in [0.25, 0.3) is 5.82 Å². The molecule has 3 aromatic rings. The third-order valence-electron chi connectivity index (χ3n) is 5.24. The quantitative estimate of drug-likeness (QED) is 0.477. The van der Waals surface area contributed by atoms with Gasteiger partial charge < -0.3 is 14.8 Å². The minimum Gasteiger partial charge on any atom is -0.495 e. The van der Waals surface area contributed by atoms with Crippen LogP contribution in [-0.2, 0) is 24.3 Å². The maximum atomic E-state index is 11.7. The Hall–Kier alpha value is -3.70. The molecular formula is C22H21N5O3. The normalized spacial score (nSPS) is 12.4. The molecule has 0 fully saturated rings. The van der Waals surface area contributed by atoms with Crippen LogP contribution in [0.3, 0.4) is 0 Å². The molecule has 4 rings (SSSR count). The van der Waals surface area contributed by atoms with Gasteiger partial charge in [-0.15, -0.1) is 0 Å². The standard InChI is InChI=1S/C22H21N5O3/c1-14-16(3-4-18-19(14)13-30-22(18)28)5-6-24-9-15-10-26-27(12-15)21-7-20(29-2)17(8-23)11-25-21/h3-4,7,10-12,24H,5-6,9,13H2,1-2H3. The number of ether oxygens (including phenoxy) is 2. The molecule has 0 saturated carbocycles. The van der Waals surface area contributed by atoms with E-state index in [1.54, 1.807) is 16.9 Å². The first-order chi connectivity index (χ1) is 14.6. The van der Waals surface area contributed by atoms with Crippen molar-refractivity contribution >= 4 is 5.97 Å². The summed E-state index contributed by atoms with van der Waals surface area (Å²) in [5.41, 5.74) is 5.43. The number of nitriles is 1. The molecule has 0 saturated heterocycles. The maximum Gasteiger partial charge on any atom is 0.338 e.